The van der Waals surface area contributed by atoms with Gasteiger partial charge in [-0.1, -0.05) is 12.1 Å². The van der Waals surface area contributed by atoms with Crippen LogP contribution in [0.1, 0.15) is 15.8 Å². The van der Waals surface area contributed by atoms with Gasteiger partial charge in [0.15, 0.2) is 0 Å². The van der Waals surface area contributed by atoms with Crippen LogP contribution >= 0.6 is 22.7 Å². The molecule has 0 aliphatic carbocycles. The van der Waals surface area contributed by atoms with Crippen LogP contribution in [0.3, 0.4) is 0 Å². The molecule has 0 saturated carbocycles. The molecule has 3 heterocycles. The smallest absolute Gasteiger partial charge is 0.0765 e. The molecule has 0 atom stereocenters. The average molecular weight is 289 g/mol. The lowest BCUT2D eigenvalue weighted by Gasteiger charge is -2.16. The van der Waals surface area contributed by atoms with E-state index in [1.54, 1.807) is 22.7 Å². The molecule has 3 rings (SSSR count). The first kappa shape index (κ1) is 12.6. The molecule has 0 bridgehead atoms. The van der Waals surface area contributed by atoms with Crippen LogP contribution < -0.4 is 5.32 Å². The van der Waals surface area contributed by atoms with Gasteiger partial charge in [-0.3, -0.25) is 4.68 Å². The van der Waals surface area contributed by atoms with Crippen molar-refractivity contribution >= 4 is 22.7 Å². The van der Waals surface area contributed by atoms with E-state index in [-0.39, 0.29) is 0 Å². The Morgan fingerprint density at radius 2 is 1.84 bits per heavy atom. The summed E-state index contributed by atoms with van der Waals surface area (Å²) in [5, 5.41) is 12.1. The van der Waals surface area contributed by atoms with Gasteiger partial charge in [0.25, 0.3) is 0 Å². The highest BCUT2D eigenvalue weighted by atomic mass is 32.1. The zero-order chi connectivity index (χ0) is 12.9. The molecular weight excluding hydrogens is 274 g/mol. The molecule has 0 radical (unpaired) electrons. The predicted molar refractivity (Wildman–Crippen MR) is 80.7 cm³/mol. The molecule has 0 saturated heterocycles. The Hall–Kier alpha value is -1.43. The van der Waals surface area contributed by atoms with Crippen molar-refractivity contribution < 1.29 is 0 Å². The zero-order valence-corrected chi connectivity index (χ0v) is 12.0. The Balaban J connectivity index is 1.67. The van der Waals surface area contributed by atoms with Crippen LogP contribution in [-0.2, 0) is 6.54 Å². The van der Waals surface area contributed by atoms with Gasteiger partial charge >= 0.3 is 0 Å². The van der Waals surface area contributed by atoms with Crippen molar-refractivity contribution in [2.24, 2.45) is 0 Å². The van der Waals surface area contributed by atoms with Crippen LogP contribution in [0.25, 0.3) is 0 Å². The summed E-state index contributed by atoms with van der Waals surface area (Å²) in [6.07, 6.45) is 3.81. The molecular formula is C14H15N3S2. The van der Waals surface area contributed by atoms with Crippen LogP contribution in [0.2, 0.25) is 0 Å². The summed E-state index contributed by atoms with van der Waals surface area (Å²) < 4.78 is 1.95. The summed E-state index contributed by atoms with van der Waals surface area (Å²) in [5.41, 5.74) is 0. The average Bonchev–Trinajstić information content (AvgIpc) is 3.15. The van der Waals surface area contributed by atoms with E-state index in [1.807, 2.05) is 23.1 Å². The Morgan fingerprint density at radius 1 is 1.11 bits per heavy atom. The summed E-state index contributed by atoms with van der Waals surface area (Å²) in [5.74, 6) is 0. The molecule has 3 nitrogen and oxygen atoms in total. The van der Waals surface area contributed by atoms with Gasteiger partial charge in [-0.25, -0.2) is 0 Å². The topological polar surface area (TPSA) is 29.9 Å². The fraction of sp³-hybridized carbons (Fsp3) is 0.214. The van der Waals surface area contributed by atoms with Gasteiger partial charge in [-0.15, -0.1) is 22.7 Å². The maximum Gasteiger partial charge on any atom is 0.0765 e. The Morgan fingerprint density at radius 3 is 2.37 bits per heavy atom. The van der Waals surface area contributed by atoms with Crippen molar-refractivity contribution in [1.82, 2.24) is 15.1 Å². The first-order valence-electron chi connectivity index (χ1n) is 6.21. The lowest BCUT2D eigenvalue weighted by Crippen LogP contribution is -2.25. The van der Waals surface area contributed by atoms with E-state index >= 15 is 0 Å². The van der Waals surface area contributed by atoms with Gasteiger partial charge in [-0.2, -0.15) is 5.10 Å². The molecule has 1 N–H and O–H groups in total. The van der Waals surface area contributed by atoms with Gasteiger partial charge in [0.2, 0.25) is 0 Å². The van der Waals surface area contributed by atoms with E-state index in [4.69, 9.17) is 0 Å². The molecule has 0 aliphatic heterocycles. The third-order valence-electron chi connectivity index (χ3n) is 2.90. The van der Waals surface area contributed by atoms with Crippen LogP contribution in [0.15, 0.2) is 53.5 Å². The number of rotatable bonds is 6. The van der Waals surface area contributed by atoms with Gasteiger partial charge in [0.1, 0.15) is 0 Å². The molecule has 0 aromatic carbocycles. The predicted octanol–water partition coefficient (Wildman–Crippen LogP) is 3.39. The lowest BCUT2D eigenvalue weighted by atomic mass is 10.2. The van der Waals surface area contributed by atoms with E-state index in [1.165, 1.54) is 9.75 Å². The van der Waals surface area contributed by atoms with Crippen LogP contribution in [0.4, 0.5) is 0 Å². The molecule has 0 aliphatic rings. The van der Waals surface area contributed by atoms with Gasteiger partial charge in [0.05, 0.1) is 12.6 Å². The molecule has 3 aromatic rings. The van der Waals surface area contributed by atoms with E-state index < -0.39 is 0 Å². The minimum absolute atomic E-state index is 0.301. The summed E-state index contributed by atoms with van der Waals surface area (Å²) in [4.78, 5) is 2.73. The number of hydrogen-bond acceptors (Lipinski definition) is 4. The first-order chi connectivity index (χ1) is 9.43. The fourth-order valence-electron chi connectivity index (χ4n) is 2.01. The monoisotopic (exact) mass is 289 g/mol. The first-order valence-corrected chi connectivity index (χ1v) is 7.97. The van der Waals surface area contributed by atoms with Crippen molar-refractivity contribution in [1.29, 1.82) is 0 Å². The number of aromatic nitrogens is 2. The fourth-order valence-corrected chi connectivity index (χ4v) is 3.72. The minimum Gasteiger partial charge on any atom is -0.303 e. The highest BCUT2D eigenvalue weighted by Gasteiger charge is 2.15. The van der Waals surface area contributed by atoms with Crippen LogP contribution in [0, 0.1) is 0 Å². The summed E-state index contributed by atoms with van der Waals surface area (Å²) in [6.45, 7) is 1.79. The highest BCUT2D eigenvalue weighted by Crippen LogP contribution is 2.28. The second-order valence-corrected chi connectivity index (χ2v) is 6.15. The van der Waals surface area contributed by atoms with Crippen molar-refractivity contribution in [2.45, 2.75) is 12.6 Å². The van der Waals surface area contributed by atoms with E-state index in [0.29, 0.717) is 6.04 Å². The summed E-state index contributed by atoms with van der Waals surface area (Å²) in [6, 6.07) is 10.9. The molecule has 5 heteroatoms. The molecule has 0 unspecified atom stereocenters. The third-order valence-corrected chi connectivity index (χ3v) is 4.78. The normalized spacial score (nSPS) is 11.2. The molecule has 0 spiro atoms. The Bertz CT molecular complexity index is 536. The summed E-state index contributed by atoms with van der Waals surface area (Å²) >= 11 is 3.60. The number of nitrogens with one attached hydrogen (secondary N) is 1. The van der Waals surface area contributed by atoms with Crippen molar-refractivity contribution in [3.63, 3.8) is 0 Å². The Kier molecular flexibility index (Phi) is 4.07. The van der Waals surface area contributed by atoms with Gasteiger partial charge < -0.3 is 5.32 Å². The number of hydrogen-bond donors (Lipinski definition) is 1. The molecule has 0 amide bonds. The van der Waals surface area contributed by atoms with Gasteiger partial charge in [-0.05, 0) is 29.0 Å². The van der Waals surface area contributed by atoms with Crippen LogP contribution in [0.5, 0.6) is 0 Å². The van der Waals surface area contributed by atoms with E-state index in [0.717, 1.165) is 13.1 Å². The second kappa shape index (κ2) is 6.14. The minimum atomic E-state index is 0.301. The van der Waals surface area contributed by atoms with E-state index in [2.05, 4.69) is 45.4 Å². The molecule has 3 aromatic heterocycles. The van der Waals surface area contributed by atoms with Crippen molar-refractivity contribution in [3.05, 3.63) is 63.2 Å². The molecule has 0 fully saturated rings. The standard InChI is InChI=1S/C14H15N3S2/c1-4-12(18-10-1)14(13-5-2-11-19-13)15-7-9-17-8-3-6-16-17/h1-6,8,10-11,14-15H,7,9H2. The maximum absolute atomic E-state index is 4.22. The highest BCUT2D eigenvalue weighted by molar-refractivity contribution is 7.11. The zero-order valence-electron chi connectivity index (χ0n) is 10.4. The van der Waals surface area contributed by atoms with Crippen molar-refractivity contribution in [3.8, 4) is 0 Å². The van der Waals surface area contributed by atoms with Crippen LogP contribution in [-0.4, -0.2) is 16.3 Å². The second-order valence-electron chi connectivity index (χ2n) is 4.19. The third kappa shape index (κ3) is 3.12. The largest absolute Gasteiger partial charge is 0.303 e. The van der Waals surface area contributed by atoms with E-state index in [9.17, 15) is 0 Å². The molecule has 98 valence electrons. The summed E-state index contributed by atoms with van der Waals surface area (Å²) in [7, 11) is 0. The lowest BCUT2D eigenvalue weighted by molar-refractivity contribution is 0.529. The number of thiophene rings is 2. The van der Waals surface area contributed by atoms with Gasteiger partial charge in [0, 0.05) is 28.7 Å². The Labute approximate surface area is 120 Å². The maximum atomic E-state index is 4.22. The quantitative estimate of drug-likeness (QED) is 0.754. The number of nitrogens with zero attached hydrogens (tertiary/aromatic N) is 2. The van der Waals surface area contributed by atoms with Crippen molar-refractivity contribution in [2.75, 3.05) is 6.54 Å². The molecule has 19 heavy (non-hydrogen) atoms. The SMILES string of the molecule is c1csc(C(NCCn2cccn2)c2cccs2)c1.